The summed E-state index contributed by atoms with van der Waals surface area (Å²) in [6.45, 7) is 0. The van der Waals surface area contributed by atoms with Crippen LogP contribution < -0.4 is 5.32 Å². The molecule has 0 spiro atoms. The van der Waals surface area contributed by atoms with Crippen LogP contribution in [0.2, 0.25) is 0 Å². The van der Waals surface area contributed by atoms with Crippen molar-refractivity contribution in [3.8, 4) is 0 Å². The first kappa shape index (κ1) is 13.9. The number of aromatic amines is 1. The third-order valence-corrected chi connectivity index (χ3v) is 3.23. The molecule has 0 aliphatic rings. The van der Waals surface area contributed by atoms with E-state index in [1.54, 1.807) is 18.2 Å². The van der Waals surface area contributed by atoms with E-state index in [4.69, 9.17) is 4.42 Å². The lowest BCUT2D eigenvalue weighted by Gasteiger charge is -2.12. The Hall–Kier alpha value is -3.09. The van der Waals surface area contributed by atoms with Gasteiger partial charge in [-0.05, 0) is 12.1 Å². The zero-order valence-electron chi connectivity index (χ0n) is 11.4. The van der Waals surface area contributed by atoms with Crippen LogP contribution in [0.4, 0.5) is 0 Å². The number of carbonyl (C=O) groups is 2. The van der Waals surface area contributed by atoms with E-state index >= 15 is 0 Å². The van der Waals surface area contributed by atoms with Gasteiger partial charge in [-0.25, -0.2) is 9.78 Å². The van der Waals surface area contributed by atoms with E-state index in [1.807, 2.05) is 12.1 Å². The van der Waals surface area contributed by atoms with Crippen LogP contribution in [0, 0.1) is 0 Å². The minimum Gasteiger partial charge on any atom is -0.480 e. The van der Waals surface area contributed by atoms with Crippen molar-refractivity contribution in [1.29, 1.82) is 0 Å². The molecule has 3 N–H and O–H groups in total. The van der Waals surface area contributed by atoms with Gasteiger partial charge in [-0.3, -0.25) is 4.79 Å². The summed E-state index contributed by atoms with van der Waals surface area (Å²) in [5.74, 6) is -1.61. The van der Waals surface area contributed by atoms with Crippen LogP contribution in [0.3, 0.4) is 0 Å². The Kier molecular flexibility index (Phi) is 3.61. The summed E-state index contributed by atoms with van der Waals surface area (Å²) in [5.41, 5.74) is 1.20. The van der Waals surface area contributed by atoms with E-state index in [1.165, 1.54) is 12.5 Å². The number of rotatable bonds is 5. The van der Waals surface area contributed by atoms with E-state index in [-0.39, 0.29) is 12.2 Å². The highest BCUT2D eigenvalue weighted by molar-refractivity contribution is 5.97. The Labute approximate surface area is 125 Å². The number of amides is 1. The van der Waals surface area contributed by atoms with Crippen LogP contribution >= 0.6 is 0 Å². The van der Waals surface area contributed by atoms with Crippen LogP contribution in [0.5, 0.6) is 0 Å². The predicted octanol–water partition coefficient (Wildman–Crippen LogP) is 1.58. The Morgan fingerprint density at radius 2 is 2.18 bits per heavy atom. The lowest BCUT2D eigenvalue weighted by atomic mass is 10.1. The fourth-order valence-corrected chi connectivity index (χ4v) is 2.14. The van der Waals surface area contributed by atoms with Crippen molar-refractivity contribution in [2.75, 3.05) is 0 Å². The van der Waals surface area contributed by atoms with E-state index in [0.717, 1.165) is 5.39 Å². The largest absolute Gasteiger partial charge is 0.480 e. The van der Waals surface area contributed by atoms with Gasteiger partial charge < -0.3 is 19.8 Å². The molecule has 7 heteroatoms. The van der Waals surface area contributed by atoms with Gasteiger partial charge in [-0.15, -0.1) is 0 Å². The van der Waals surface area contributed by atoms with E-state index in [9.17, 15) is 14.7 Å². The molecule has 0 bridgehead atoms. The number of aliphatic carboxylic acids is 1. The Balaban J connectivity index is 1.77. The first-order valence-electron chi connectivity index (χ1n) is 6.63. The van der Waals surface area contributed by atoms with Crippen molar-refractivity contribution in [2.45, 2.75) is 12.5 Å². The van der Waals surface area contributed by atoms with E-state index in [2.05, 4.69) is 15.3 Å². The average Bonchev–Trinajstić information content (AvgIpc) is 3.15. The fraction of sp³-hybridized carbons (Fsp3) is 0.133. The maximum atomic E-state index is 12.2. The number of nitrogens with one attached hydrogen (secondary N) is 2. The van der Waals surface area contributed by atoms with Crippen molar-refractivity contribution >= 4 is 22.8 Å². The van der Waals surface area contributed by atoms with Crippen LogP contribution in [-0.4, -0.2) is 33.0 Å². The quantitative estimate of drug-likeness (QED) is 0.663. The summed E-state index contributed by atoms with van der Waals surface area (Å²) in [5, 5.41) is 12.5. The molecule has 1 atom stereocenters. The summed E-state index contributed by atoms with van der Waals surface area (Å²) in [7, 11) is 0. The molecule has 3 aromatic rings. The Morgan fingerprint density at radius 1 is 1.36 bits per heavy atom. The lowest BCUT2D eigenvalue weighted by molar-refractivity contribution is -0.139. The number of carboxylic acid groups (broad SMARTS) is 1. The number of carboxylic acids is 1. The molecular weight excluding hydrogens is 286 g/mol. The van der Waals surface area contributed by atoms with Crippen LogP contribution in [0.25, 0.3) is 11.0 Å². The number of furan rings is 1. The van der Waals surface area contributed by atoms with Gasteiger partial charge in [-0.2, -0.15) is 0 Å². The molecule has 0 saturated heterocycles. The topological polar surface area (TPSA) is 108 Å². The second-order valence-electron chi connectivity index (χ2n) is 4.79. The maximum absolute atomic E-state index is 12.2. The predicted molar refractivity (Wildman–Crippen MR) is 77.4 cm³/mol. The first-order chi connectivity index (χ1) is 10.6. The number of aromatic nitrogens is 2. The zero-order chi connectivity index (χ0) is 15.5. The molecule has 7 nitrogen and oxygen atoms in total. The van der Waals surface area contributed by atoms with Gasteiger partial charge in [0.05, 0.1) is 6.33 Å². The van der Waals surface area contributed by atoms with Gasteiger partial charge >= 0.3 is 5.97 Å². The molecule has 0 radical (unpaired) electrons. The van der Waals surface area contributed by atoms with Gasteiger partial charge in [0, 0.05) is 23.7 Å². The molecule has 0 aliphatic carbocycles. The number of para-hydroxylation sites is 1. The normalized spacial score (nSPS) is 12.2. The SMILES string of the molecule is O=C(NC(Cc1cnc[nH]1)C(=O)O)c1cc2ccccc2o1. The van der Waals surface area contributed by atoms with Gasteiger partial charge in [0.2, 0.25) is 0 Å². The summed E-state index contributed by atoms with van der Waals surface area (Å²) in [4.78, 5) is 30.1. The molecule has 3 rings (SSSR count). The summed E-state index contributed by atoms with van der Waals surface area (Å²) >= 11 is 0. The zero-order valence-corrected chi connectivity index (χ0v) is 11.4. The summed E-state index contributed by atoms with van der Waals surface area (Å²) < 4.78 is 5.42. The molecule has 1 amide bonds. The van der Waals surface area contributed by atoms with Gasteiger partial charge in [-0.1, -0.05) is 18.2 Å². The van der Waals surface area contributed by atoms with Crippen LogP contribution in [0.1, 0.15) is 16.2 Å². The molecule has 0 fully saturated rings. The average molecular weight is 299 g/mol. The smallest absolute Gasteiger partial charge is 0.326 e. The summed E-state index contributed by atoms with van der Waals surface area (Å²) in [6.07, 6.45) is 3.08. The van der Waals surface area contributed by atoms with Crippen molar-refractivity contribution in [1.82, 2.24) is 15.3 Å². The number of carbonyl (C=O) groups excluding carboxylic acids is 1. The highest BCUT2D eigenvalue weighted by atomic mass is 16.4. The number of nitrogens with zero attached hydrogens (tertiary/aromatic N) is 1. The highest BCUT2D eigenvalue weighted by Gasteiger charge is 2.23. The van der Waals surface area contributed by atoms with Crippen molar-refractivity contribution < 1.29 is 19.1 Å². The lowest BCUT2D eigenvalue weighted by Crippen LogP contribution is -2.42. The van der Waals surface area contributed by atoms with E-state index in [0.29, 0.717) is 11.3 Å². The molecule has 0 saturated carbocycles. The number of hydrogen-bond donors (Lipinski definition) is 3. The third kappa shape index (κ3) is 2.83. The van der Waals surface area contributed by atoms with Crippen LogP contribution in [-0.2, 0) is 11.2 Å². The molecule has 1 unspecified atom stereocenters. The number of benzene rings is 1. The minimum absolute atomic E-state index is 0.0806. The number of H-pyrrole nitrogens is 1. The second-order valence-corrected chi connectivity index (χ2v) is 4.79. The number of fused-ring (bicyclic) bond motifs is 1. The maximum Gasteiger partial charge on any atom is 0.326 e. The van der Waals surface area contributed by atoms with Crippen molar-refractivity contribution in [2.24, 2.45) is 0 Å². The molecule has 2 heterocycles. The van der Waals surface area contributed by atoms with Gasteiger partial charge in [0.1, 0.15) is 11.6 Å². The first-order valence-corrected chi connectivity index (χ1v) is 6.63. The van der Waals surface area contributed by atoms with Gasteiger partial charge in [0.25, 0.3) is 5.91 Å². The highest BCUT2D eigenvalue weighted by Crippen LogP contribution is 2.18. The van der Waals surface area contributed by atoms with Crippen molar-refractivity contribution in [3.63, 3.8) is 0 Å². The Bertz CT molecular complexity index is 774. The minimum atomic E-state index is -1.13. The van der Waals surface area contributed by atoms with Crippen LogP contribution in [0.15, 0.2) is 47.3 Å². The number of hydrogen-bond acceptors (Lipinski definition) is 4. The molecule has 0 aliphatic heterocycles. The number of imidazole rings is 1. The summed E-state index contributed by atoms with van der Waals surface area (Å²) in [6, 6.07) is 7.70. The molecule has 22 heavy (non-hydrogen) atoms. The Morgan fingerprint density at radius 3 is 2.86 bits per heavy atom. The second kappa shape index (κ2) is 5.72. The molecule has 112 valence electrons. The molecule has 1 aromatic carbocycles. The van der Waals surface area contributed by atoms with E-state index < -0.39 is 17.9 Å². The molecular formula is C15H13N3O4. The molecule has 2 aromatic heterocycles. The fourth-order valence-electron chi connectivity index (χ4n) is 2.14. The third-order valence-electron chi connectivity index (χ3n) is 3.23. The monoisotopic (exact) mass is 299 g/mol. The standard InChI is InChI=1S/C15H13N3O4/c19-14(13-5-9-3-1-2-4-12(9)22-13)18-11(15(20)21)6-10-7-16-8-17-10/h1-5,7-8,11H,6H2,(H,16,17)(H,18,19)(H,20,21). The van der Waals surface area contributed by atoms with Crippen molar-refractivity contribution in [3.05, 3.63) is 54.3 Å². The van der Waals surface area contributed by atoms with Gasteiger partial charge in [0.15, 0.2) is 5.76 Å².